The van der Waals surface area contributed by atoms with E-state index < -0.39 is 0 Å². The molecule has 0 heterocycles. The Kier molecular flexibility index (Phi) is 6.19. The van der Waals surface area contributed by atoms with Gasteiger partial charge in [-0.3, -0.25) is 0 Å². The summed E-state index contributed by atoms with van der Waals surface area (Å²) in [4.78, 5) is 0. The number of thiocarbonyl (C=S) groups is 1. The summed E-state index contributed by atoms with van der Waals surface area (Å²) in [6.07, 6.45) is 0. The van der Waals surface area contributed by atoms with Crippen LogP contribution in [0, 0.1) is 0 Å². The van der Waals surface area contributed by atoms with Crippen LogP contribution in [0.25, 0.3) is 0 Å². The van der Waals surface area contributed by atoms with E-state index in [1.54, 1.807) is 0 Å². The molecule has 82 valence electrons. The lowest BCUT2D eigenvalue weighted by Crippen LogP contribution is -1.96. The van der Waals surface area contributed by atoms with Crippen molar-refractivity contribution in [3.8, 4) is 0 Å². The number of benzene rings is 1. The summed E-state index contributed by atoms with van der Waals surface area (Å²) in [7, 11) is 0. The quantitative estimate of drug-likeness (QED) is 0.710. The second kappa shape index (κ2) is 6.89. The summed E-state index contributed by atoms with van der Waals surface area (Å²) < 4.78 is 7.93. The van der Waals surface area contributed by atoms with Gasteiger partial charge >= 0.3 is 0 Å². The first-order valence-electron chi connectivity index (χ1n) is 4.36. The van der Waals surface area contributed by atoms with Crippen LogP contribution in [0.2, 0.25) is 0 Å². The summed E-state index contributed by atoms with van der Waals surface area (Å²) in [5, 5.41) is 0. The molecule has 1 aromatic carbocycles. The van der Waals surface area contributed by atoms with Gasteiger partial charge in [-0.2, -0.15) is 0 Å². The van der Waals surface area contributed by atoms with E-state index in [9.17, 15) is 0 Å². The monoisotopic (exact) mass is 368 g/mol. The van der Waals surface area contributed by atoms with E-state index in [1.165, 1.54) is 17.3 Å². The summed E-state index contributed by atoms with van der Waals surface area (Å²) in [5.74, 6) is 0.830. The highest BCUT2D eigenvalue weighted by Gasteiger charge is 2.01. The van der Waals surface area contributed by atoms with Crippen molar-refractivity contribution >= 4 is 60.2 Å². The molecule has 0 aliphatic heterocycles. The molecular weight excluding hydrogens is 360 g/mol. The molecule has 0 aliphatic rings. The van der Waals surface area contributed by atoms with Crippen molar-refractivity contribution in [2.24, 2.45) is 0 Å². The maximum atomic E-state index is 5.20. The molecular formula is C10H10Br2OS2. The first-order valence-corrected chi connectivity index (χ1v) is 7.34. The molecule has 1 aromatic rings. The van der Waals surface area contributed by atoms with Gasteiger partial charge in [0.05, 0.1) is 6.61 Å². The van der Waals surface area contributed by atoms with Gasteiger partial charge < -0.3 is 4.74 Å². The molecule has 15 heavy (non-hydrogen) atoms. The van der Waals surface area contributed by atoms with Crippen LogP contribution in [-0.4, -0.2) is 11.0 Å². The van der Waals surface area contributed by atoms with E-state index in [1.807, 2.05) is 13.0 Å². The standard InChI is InChI=1S/C10H10Br2OS2/c1-2-13-10(14)15-6-7-3-8(11)5-9(12)4-7/h3-5H,2,6H2,1H3. The molecule has 0 amide bonds. The van der Waals surface area contributed by atoms with Crippen LogP contribution >= 0.6 is 55.8 Å². The van der Waals surface area contributed by atoms with Crippen LogP contribution in [0.15, 0.2) is 27.1 Å². The van der Waals surface area contributed by atoms with Gasteiger partial charge in [0.25, 0.3) is 0 Å². The van der Waals surface area contributed by atoms with Crippen molar-refractivity contribution in [3.63, 3.8) is 0 Å². The Morgan fingerprint density at radius 2 is 1.93 bits per heavy atom. The van der Waals surface area contributed by atoms with E-state index in [0.717, 1.165) is 14.7 Å². The number of thioether (sulfide) groups is 1. The van der Waals surface area contributed by atoms with Crippen LogP contribution in [-0.2, 0) is 10.5 Å². The van der Waals surface area contributed by atoms with Crippen LogP contribution in [0.4, 0.5) is 0 Å². The van der Waals surface area contributed by atoms with Crippen molar-refractivity contribution in [2.45, 2.75) is 12.7 Å². The summed E-state index contributed by atoms with van der Waals surface area (Å²) in [5.41, 5.74) is 1.21. The minimum absolute atomic E-state index is 0.605. The van der Waals surface area contributed by atoms with Crippen molar-refractivity contribution in [1.82, 2.24) is 0 Å². The van der Waals surface area contributed by atoms with E-state index in [4.69, 9.17) is 17.0 Å². The first-order chi connectivity index (χ1) is 7.11. The summed E-state index contributed by atoms with van der Waals surface area (Å²) in [6, 6.07) is 6.16. The largest absolute Gasteiger partial charge is 0.479 e. The summed E-state index contributed by atoms with van der Waals surface area (Å²) in [6.45, 7) is 2.57. The molecule has 5 heteroatoms. The number of rotatable bonds is 3. The lowest BCUT2D eigenvalue weighted by Gasteiger charge is -2.05. The maximum Gasteiger partial charge on any atom is 0.220 e. The number of ether oxygens (including phenoxy) is 1. The zero-order valence-electron chi connectivity index (χ0n) is 8.13. The maximum absolute atomic E-state index is 5.20. The van der Waals surface area contributed by atoms with E-state index in [0.29, 0.717) is 11.0 Å². The summed E-state index contributed by atoms with van der Waals surface area (Å²) >= 11 is 13.5. The molecule has 0 fully saturated rings. The van der Waals surface area contributed by atoms with Gasteiger partial charge in [0.15, 0.2) is 0 Å². The normalized spacial score (nSPS) is 10.1. The van der Waals surface area contributed by atoms with E-state index in [2.05, 4.69) is 44.0 Å². The average molecular weight is 370 g/mol. The smallest absolute Gasteiger partial charge is 0.220 e. The van der Waals surface area contributed by atoms with Crippen molar-refractivity contribution < 1.29 is 4.74 Å². The van der Waals surface area contributed by atoms with Crippen LogP contribution in [0.5, 0.6) is 0 Å². The SMILES string of the molecule is CCOC(=S)SCc1cc(Br)cc(Br)c1. The predicted molar refractivity (Wildman–Crippen MR) is 77.4 cm³/mol. The zero-order valence-corrected chi connectivity index (χ0v) is 12.9. The van der Waals surface area contributed by atoms with Gasteiger partial charge in [0, 0.05) is 14.7 Å². The highest BCUT2D eigenvalue weighted by Crippen LogP contribution is 2.23. The predicted octanol–water partition coefficient (Wildman–Crippen LogP) is 4.77. The van der Waals surface area contributed by atoms with Crippen molar-refractivity contribution in [1.29, 1.82) is 0 Å². The molecule has 1 nitrogen and oxygen atoms in total. The second-order valence-electron chi connectivity index (χ2n) is 2.75. The molecule has 0 spiro atoms. The van der Waals surface area contributed by atoms with Gasteiger partial charge in [-0.15, -0.1) is 0 Å². The average Bonchev–Trinajstić information content (AvgIpc) is 2.14. The minimum atomic E-state index is 0.605. The first kappa shape index (κ1) is 13.5. The Morgan fingerprint density at radius 1 is 1.33 bits per heavy atom. The van der Waals surface area contributed by atoms with Crippen LogP contribution < -0.4 is 0 Å². The Labute approximate surface area is 116 Å². The third kappa shape index (κ3) is 5.33. The van der Waals surface area contributed by atoms with Gasteiger partial charge in [-0.1, -0.05) is 43.6 Å². The third-order valence-electron chi connectivity index (χ3n) is 1.54. The van der Waals surface area contributed by atoms with Crippen LogP contribution in [0.1, 0.15) is 12.5 Å². The fraction of sp³-hybridized carbons (Fsp3) is 0.300. The van der Waals surface area contributed by atoms with Crippen molar-refractivity contribution in [2.75, 3.05) is 6.61 Å². The third-order valence-corrected chi connectivity index (χ3v) is 3.76. The fourth-order valence-electron chi connectivity index (χ4n) is 0.996. The molecule has 0 saturated heterocycles. The fourth-order valence-corrected chi connectivity index (χ4v) is 3.33. The Morgan fingerprint density at radius 3 is 2.47 bits per heavy atom. The molecule has 0 saturated carbocycles. The molecule has 0 N–H and O–H groups in total. The lowest BCUT2D eigenvalue weighted by molar-refractivity contribution is 0.346. The minimum Gasteiger partial charge on any atom is -0.479 e. The van der Waals surface area contributed by atoms with Gasteiger partial charge in [-0.25, -0.2) is 0 Å². The van der Waals surface area contributed by atoms with E-state index in [-0.39, 0.29) is 0 Å². The van der Waals surface area contributed by atoms with Gasteiger partial charge in [0.1, 0.15) is 0 Å². The second-order valence-corrected chi connectivity index (χ2v) is 6.16. The lowest BCUT2D eigenvalue weighted by atomic mass is 10.2. The van der Waals surface area contributed by atoms with Crippen molar-refractivity contribution in [3.05, 3.63) is 32.7 Å². The number of halogens is 2. The molecule has 1 rings (SSSR count). The number of hydrogen-bond donors (Lipinski definition) is 0. The Balaban J connectivity index is 2.54. The molecule has 0 unspecified atom stereocenters. The Bertz CT molecular complexity index is 335. The Hall–Kier alpha value is 0.420. The molecule has 0 bridgehead atoms. The van der Waals surface area contributed by atoms with Gasteiger partial charge in [0.2, 0.25) is 4.38 Å². The molecule has 0 atom stereocenters. The highest BCUT2D eigenvalue weighted by molar-refractivity contribution is 9.11. The van der Waals surface area contributed by atoms with E-state index >= 15 is 0 Å². The molecule has 0 aromatic heterocycles. The van der Waals surface area contributed by atoms with Crippen LogP contribution in [0.3, 0.4) is 0 Å². The topological polar surface area (TPSA) is 9.23 Å². The highest BCUT2D eigenvalue weighted by atomic mass is 79.9. The molecule has 0 radical (unpaired) electrons. The number of hydrogen-bond acceptors (Lipinski definition) is 3. The zero-order chi connectivity index (χ0) is 11.3. The molecule has 0 aliphatic carbocycles. The van der Waals surface area contributed by atoms with Gasteiger partial charge in [-0.05, 0) is 42.9 Å².